The third-order valence-electron chi connectivity index (χ3n) is 4.82. The minimum atomic E-state index is -0.462. The third-order valence-corrected chi connectivity index (χ3v) is 6.04. The topological polar surface area (TPSA) is 81.1 Å². The predicted molar refractivity (Wildman–Crippen MR) is 131 cm³/mol. The first-order valence-electron chi connectivity index (χ1n) is 9.94. The van der Waals surface area contributed by atoms with E-state index in [4.69, 9.17) is 17.0 Å². The molecule has 7 nitrogen and oxygen atoms in total. The summed E-state index contributed by atoms with van der Waals surface area (Å²) in [7, 11) is 1.34. The van der Waals surface area contributed by atoms with E-state index >= 15 is 0 Å². The molecule has 0 aliphatic heterocycles. The number of halogens is 1. The second kappa shape index (κ2) is 9.88. The first-order chi connectivity index (χ1) is 16.0. The molecule has 4 rings (SSSR count). The minimum Gasteiger partial charge on any atom is -0.465 e. The van der Waals surface area contributed by atoms with Crippen molar-refractivity contribution in [1.29, 1.82) is 0 Å². The third kappa shape index (κ3) is 5.07. The Morgan fingerprint density at radius 1 is 1.15 bits per heavy atom. The summed E-state index contributed by atoms with van der Waals surface area (Å²) < 4.78 is 20.4. The summed E-state index contributed by atoms with van der Waals surface area (Å²) in [5.74, 6) is -0.520. The van der Waals surface area contributed by atoms with Crippen molar-refractivity contribution < 1.29 is 13.9 Å². The average molecular weight is 482 g/mol. The highest BCUT2D eigenvalue weighted by Gasteiger charge is 2.24. The molecule has 2 aromatic heterocycles. The number of aromatic nitrogens is 3. The second-order valence-corrected chi connectivity index (χ2v) is 8.66. The van der Waals surface area contributed by atoms with Gasteiger partial charge in [-0.1, -0.05) is 48.5 Å². The van der Waals surface area contributed by atoms with Gasteiger partial charge in [0.15, 0.2) is 5.11 Å². The summed E-state index contributed by atoms with van der Waals surface area (Å²) in [6.07, 6.45) is 1.49. The van der Waals surface area contributed by atoms with Crippen molar-refractivity contribution in [2.75, 3.05) is 17.7 Å². The monoisotopic (exact) mass is 481 g/mol. The van der Waals surface area contributed by atoms with E-state index in [-0.39, 0.29) is 23.4 Å². The number of hydrogen-bond acceptors (Lipinski definition) is 6. The first kappa shape index (κ1) is 22.6. The first-order valence-corrected chi connectivity index (χ1v) is 11.2. The van der Waals surface area contributed by atoms with E-state index in [1.807, 2.05) is 37.3 Å². The van der Waals surface area contributed by atoms with E-state index in [9.17, 15) is 9.18 Å². The van der Waals surface area contributed by atoms with Crippen LogP contribution in [0.1, 0.15) is 20.8 Å². The van der Waals surface area contributed by atoms with Gasteiger partial charge in [-0.3, -0.25) is 5.32 Å². The molecule has 0 saturated heterocycles. The SMILES string of the molecule is COC(=O)c1c(NC(=S)Nc2ncn(Cc3ccccc3F)n2)sc(C)c1-c1ccccc1. The lowest BCUT2D eigenvalue weighted by Gasteiger charge is -2.09. The molecular formula is C23H20FN5O2S2. The van der Waals surface area contributed by atoms with Crippen molar-refractivity contribution in [3.05, 3.63) is 82.7 Å². The number of esters is 1. The van der Waals surface area contributed by atoms with Gasteiger partial charge >= 0.3 is 5.97 Å². The van der Waals surface area contributed by atoms with Crippen LogP contribution in [0.15, 0.2) is 60.9 Å². The predicted octanol–water partition coefficient (Wildman–Crippen LogP) is 5.10. The van der Waals surface area contributed by atoms with Crippen LogP contribution in [0.2, 0.25) is 0 Å². The number of thiophene rings is 1. The molecule has 33 heavy (non-hydrogen) atoms. The molecule has 0 saturated carbocycles. The number of nitrogens with one attached hydrogen (secondary N) is 2. The number of rotatable bonds is 6. The summed E-state index contributed by atoms with van der Waals surface area (Å²) in [4.78, 5) is 17.7. The van der Waals surface area contributed by atoms with Gasteiger partial charge < -0.3 is 10.1 Å². The smallest absolute Gasteiger partial charge is 0.341 e. The van der Waals surface area contributed by atoms with Crippen molar-refractivity contribution in [1.82, 2.24) is 14.8 Å². The molecule has 2 heterocycles. The van der Waals surface area contributed by atoms with Gasteiger partial charge in [-0.05, 0) is 30.8 Å². The molecule has 0 atom stereocenters. The molecule has 0 amide bonds. The van der Waals surface area contributed by atoms with Crippen LogP contribution in [0, 0.1) is 12.7 Å². The summed E-state index contributed by atoms with van der Waals surface area (Å²) in [6, 6.07) is 16.1. The molecule has 0 aliphatic carbocycles. The number of carbonyl (C=O) groups excluding carboxylic acids is 1. The van der Waals surface area contributed by atoms with E-state index in [2.05, 4.69) is 20.7 Å². The quantitative estimate of drug-likeness (QED) is 0.293. The van der Waals surface area contributed by atoms with E-state index in [0.29, 0.717) is 16.1 Å². The average Bonchev–Trinajstić information content (AvgIpc) is 3.38. The molecule has 0 radical (unpaired) electrons. The van der Waals surface area contributed by atoms with E-state index in [0.717, 1.165) is 16.0 Å². The van der Waals surface area contributed by atoms with Crippen molar-refractivity contribution in [3.63, 3.8) is 0 Å². The van der Waals surface area contributed by atoms with Gasteiger partial charge in [0.25, 0.3) is 0 Å². The lowest BCUT2D eigenvalue weighted by atomic mass is 10.0. The fraction of sp³-hybridized carbons (Fsp3) is 0.130. The largest absolute Gasteiger partial charge is 0.465 e. The van der Waals surface area contributed by atoms with Crippen LogP contribution in [0.5, 0.6) is 0 Å². The van der Waals surface area contributed by atoms with E-state index in [1.54, 1.807) is 18.2 Å². The molecule has 0 fully saturated rings. The Morgan fingerprint density at radius 2 is 1.88 bits per heavy atom. The molecule has 4 aromatic rings. The Kier molecular flexibility index (Phi) is 6.76. The molecule has 0 spiro atoms. The fourth-order valence-electron chi connectivity index (χ4n) is 3.35. The Labute approximate surface area is 199 Å². The second-order valence-electron chi connectivity index (χ2n) is 7.03. The van der Waals surface area contributed by atoms with Crippen molar-refractivity contribution in [3.8, 4) is 11.1 Å². The number of benzene rings is 2. The molecular weight excluding hydrogens is 461 g/mol. The van der Waals surface area contributed by atoms with Crippen LogP contribution < -0.4 is 10.6 Å². The van der Waals surface area contributed by atoms with Crippen molar-refractivity contribution in [2.24, 2.45) is 0 Å². The summed E-state index contributed by atoms with van der Waals surface area (Å²) in [5, 5.41) is 11.0. The molecule has 10 heteroatoms. The summed E-state index contributed by atoms with van der Waals surface area (Å²) in [6.45, 7) is 2.17. The van der Waals surface area contributed by atoms with Crippen molar-refractivity contribution in [2.45, 2.75) is 13.5 Å². The highest BCUT2D eigenvalue weighted by Crippen LogP contribution is 2.40. The molecule has 0 unspecified atom stereocenters. The van der Waals surface area contributed by atoms with Crippen LogP contribution in [0.4, 0.5) is 15.3 Å². The zero-order valence-corrected chi connectivity index (χ0v) is 19.5. The van der Waals surface area contributed by atoms with Crippen LogP contribution in [-0.2, 0) is 11.3 Å². The zero-order chi connectivity index (χ0) is 23.4. The van der Waals surface area contributed by atoms with E-state index < -0.39 is 5.97 Å². The Hall–Kier alpha value is -3.63. The molecule has 0 aliphatic rings. The maximum absolute atomic E-state index is 13.9. The fourth-order valence-corrected chi connectivity index (χ4v) is 4.67. The normalized spacial score (nSPS) is 10.6. The Balaban J connectivity index is 1.52. The van der Waals surface area contributed by atoms with Gasteiger partial charge in [-0.25, -0.2) is 18.9 Å². The number of methoxy groups -OCH3 is 1. The Bertz CT molecular complexity index is 1300. The number of thiocarbonyl (C=S) groups is 1. The van der Waals surface area contributed by atoms with Gasteiger partial charge in [0.05, 0.1) is 13.7 Å². The molecule has 2 aromatic carbocycles. The molecule has 0 bridgehead atoms. The number of carbonyl (C=O) groups is 1. The summed E-state index contributed by atoms with van der Waals surface area (Å²) in [5.41, 5.74) is 2.62. The number of ether oxygens (including phenoxy) is 1. The zero-order valence-electron chi connectivity index (χ0n) is 17.8. The number of anilines is 2. The standard InChI is InChI=1S/C23H20FN5O2S2/c1-14-18(15-8-4-3-5-9-15)19(21(30)31-2)20(33-14)26-23(32)27-22-25-13-29(28-22)12-16-10-6-7-11-17(16)24/h3-11,13H,12H2,1-2H3,(H2,26,27,28,32). The Morgan fingerprint density at radius 3 is 2.61 bits per heavy atom. The lowest BCUT2D eigenvalue weighted by Crippen LogP contribution is -2.21. The van der Waals surface area contributed by atoms with Crippen LogP contribution >= 0.6 is 23.6 Å². The minimum absolute atomic E-state index is 0.213. The van der Waals surface area contributed by atoms with Crippen molar-refractivity contribution >= 4 is 45.6 Å². The van der Waals surface area contributed by atoms with Crippen LogP contribution in [0.3, 0.4) is 0 Å². The van der Waals surface area contributed by atoms with Gasteiger partial charge in [-0.15, -0.1) is 16.4 Å². The van der Waals surface area contributed by atoms with Gasteiger partial charge in [0.2, 0.25) is 5.95 Å². The van der Waals surface area contributed by atoms with Gasteiger partial charge in [0, 0.05) is 16.0 Å². The molecule has 2 N–H and O–H groups in total. The molecule has 168 valence electrons. The maximum atomic E-state index is 13.9. The van der Waals surface area contributed by atoms with E-state index in [1.165, 1.54) is 35.5 Å². The van der Waals surface area contributed by atoms with Gasteiger partial charge in [0.1, 0.15) is 22.7 Å². The van der Waals surface area contributed by atoms with Crippen LogP contribution in [0.25, 0.3) is 11.1 Å². The van der Waals surface area contributed by atoms with Crippen LogP contribution in [-0.4, -0.2) is 33.0 Å². The number of aryl methyl sites for hydroxylation is 1. The maximum Gasteiger partial charge on any atom is 0.341 e. The summed E-state index contributed by atoms with van der Waals surface area (Å²) >= 11 is 6.81. The lowest BCUT2D eigenvalue weighted by molar-refractivity contribution is 0.0603. The highest BCUT2D eigenvalue weighted by atomic mass is 32.1. The highest BCUT2D eigenvalue weighted by molar-refractivity contribution is 7.80. The number of hydrogen-bond donors (Lipinski definition) is 2. The number of nitrogens with zero attached hydrogens (tertiary/aromatic N) is 3. The van der Waals surface area contributed by atoms with Gasteiger partial charge in [-0.2, -0.15) is 0 Å².